The fraction of sp³-hybridized carbons (Fsp3) is 0. The number of nitrogens with two attached hydrogens (primary N) is 1. The summed E-state index contributed by atoms with van der Waals surface area (Å²) in [5.74, 6) is 0.851. The van der Waals surface area contributed by atoms with Crippen molar-refractivity contribution >= 4 is 11.4 Å². The molecule has 0 aromatic heterocycles. The molecule has 0 aliphatic heterocycles. The van der Waals surface area contributed by atoms with Gasteiger partial charge in [0.2, 0.25) is 0 Å². The van der Waals surface area contributed by atoms with Crippen molar-refractivity contribution < 1.29 is 18.8 Å². The van der Waals surface area contributed by atoms with Gasteiger partial charge in [-0.2, -0.15) is 0 Å². The summed E-state index contributed by atoms with van der Waals surface area (Å²) in [6.45, 7) is 0. The van der Waals surface area contributed by atoms with E-state index in [0.29, 0.717) is 17.2 Å². The maximum atomic E-state index is 13.0. The molecule has 126 valence electrons. The van der Waals surface area contributed by atoms with E-state index < -0.39 is 10.7 Å². The van der Waals surface area contributed by atoms with Gasteiger partial charge in [-0.3, -0.25) is 10.1 Å². The summed E-state index contributed by atoms with van der Waals surface area (Å²) in [4.78, 5) is 10.6. The number of nitrogens with zero attached hydrogens (tertiary/aromatic N) is 1. The van der Waals surface area contributed by atoms with Crippen molar-refractivity contribution in [2.24, 2.45) is 0 Å². The Morgan fingerprint density at radius 1 is 0.800 bits per heavy atom. The second-order valence-electron chi connectivity index (χ2n) is 5.15. The van der Waals surface area contributed by atoms with Gasteiger partial charge in [-0.15, -0.1) is 0 Å². The van der Waals surface area contributed by atoms with E-state index in [9.17, 15) is 14.5 Å². The van der Waals surface area contributed by atoms with Crippen molar-refractivity contribution in [3.8, 4) is 23.0 Å². The number of anilines is 1. The average Bonchev–Trinajstić information content (AvgIpc) is 2.59. The predicted octanol–water partition coefficient (Wildman–Crippen LogP) is 4.90. The molecule has 25 heavy (non-hydrogen) atoms. The quantitative estimate of drug-likeness (QED) is 0.405. The number of rotatable bonds is 5. The molecule has 0 fully saturated rings. The molecule has 7 heteroatoms. The fourth-order valence-electron chi connectivity index (χ4n) is 2.09. The first-order chi connectivity index (χ1) is 12.0. The van der Waals surface area contributed by atoms with Gasteiger partial charge in [-0.05, 0) is 48.5 Å². The minimum absolute atomic E-state index is 0.190. The standard InChI is InChI=1S/C18H13FN2O4/c19-12-1-5-15(6-2-12)24-17-9-14(21(22)23)10-18(11-17)25-16-7-3-13(20)4-8-16/h1-11H,20H2. The van der Waals surface area contributed by atoms with Gasteiger partial charge in [0.25, 0.3) is 5.69 Å². The minimum Gasteiger partial charge on any atom is -0.457 e. The van der Waals surface area contributed by atoms with Gasteiger partial charge in [0.05, 0.1) is 17.1 Å². The van der Waals surface area contributed by atoms with Crippen LogP contribution in [-0.2, 0) is 0 Å². The van der Waals surface area contributed by atoms with Crippen LogP contribution in [0.5, 0.6) is 23.0 Å². The summed E-state index contributed by atoms with van der Waals surface area (Å²) in [6, 6.07) is 16.0. The molecular weight excluding hydrogens is 327 g/mol. The normalized spacial score (nSPS) is 10.3. The van der Waals surface area contributed by atoms with Crippen LogP contribution in [-0.4, -0.2) is 4.92 Å². The van der Waals surface area contributed by atoms with Crippen LogP contribution in [0.1, 0.15) is 0 Å². The van der Waals surface area contributed by atoms with Gasteiger partial charge in [0.15, 0.2) is 0 Å². The molecule has 3 rings (SSSR count). The lowest BCUT2D eigenvalue weighted by atomic mass is 10.2. The molecule has 0 saturated heterocycles. The number of halogens is 1. The Balaban J connectivity index is 1.89. The Kier molecular flexibility index (Phi) is 4.47. The van der Waals surface area contributed by atoms with Crippen LogP contribution in [0.2, 0.25) is 0 Å². The van der Waals surface area contributed by atoms with Crippen LogP contribution < -0.4 is 15.2 Å². The highest BCUT2D eigenvalue weighted by molar-refractivity contribution is 5.49. The van der Waals surface area contributed by atoms with E-state index in [2.05, 4.69) is 0 Å². The molecule has 0 spiro atoms. The van der Waals surface area contributed by atoms with Gasteiger partial charge in [0.1, 0.15) is 28.8 Å². The molecule has 0 heterocycles. The van der Waals surface area contributed by atoms with Crippen molar-refractivity contribution in [2.45, 2.75) is 0 Å². The van der Waals surface area contributed by atoms with E-state index in [4.69, 9.17) is 15.2 Å². The molecule has 0 amide bonds. The molecule has 6 nitrogen and oxygen atoms in total. The van der Waals surface area contributed by atoms with Crippen LogP contribution >= 0.6 is 0 Å². The van der Waals surface area contributed by atoms with Crippen LogP contribution in [0.15, 0.2) is 66.7 Å². The first-order valence-electron chi connectivity index (χ1n) is 7.26. The SMILES string of the molecule is Nc1ccc(Oc2cc(Oc3ccc(F)cc3)cc([N+](=O)[O-])c2)cc1. The van der Waals surface area contributed by atoms with E-state index >= 15 is 0 Å². The van der Waals surface area contributed by atoms with Gasteiger partial charge >= 0.3 is 0 Å². The lowest BCUT2D eigenvalue weighted by molar-refractivity contribution is -0.385. The first-order valence-corrected chi connectivity index (χ1v) is 7.26. The first kappa shape index (κ1) is 16.3. The fourth-order valence-corrected chi connectivity index (χ4v) is 2.09. The van der Waals surface area contributed by atoms with Crippen molar-refractivity contribution in [2.75, 3.05) is 5.73 Å². The van der Waals surface area contributed by atoms with E-state index in [1.165, 1.54) is 42.5 Å². The van der Waals surface area contributed by atoms with Crippen molar-refractivity contribution in [3.05, 3.63) is 82.7 Å². The Morgan fingerprint density at radius 3 is 1.76 bits per heavy atom. The molecular formula is C18H13FN2O4. The summed E-state index contributed by atoms with van der Waals surface area (Å²) in [6.07, 6.45) is 0. The van der Waals surface area contributed by atoms with E-state index in [0.717, 1.165) is 0 Å². The maximum Gasteiger partial charge on any atom is 0.276 e. The van der Waals surface area contributed by atoms with Gasteiger partial charge in [-0.1, -0.05) is 0 Å². The van der Waals surface area contributed by atoms with E-state index in [1.54, 1.807) is 24.3 Å². The number of nitro groups is 1. The lowest BCUT2D eigenvalue weighted by Crippen LogP contribution is -1.93. The third-order valence-electron chi connectivity index (χ3n) is 3.24. The molecule has 3 aromatic carbocycles. The topological polar surface area (TPSA) is 87.6 Å². The molecule has 0 radical (unpaired) electrons. The second kappa shape index (κ2) is 6.88. The number of nitrogen functional groups attached to an aromatic ring is 1. The zero-order valence-corrected chi connectivity index (χ0v) is 12.9. The zero-order valence-electron chi connectivity index (χ0n) is 12.9. The number of nitro benzene ring substituents is 1. The highest BCUT2D eigenvalue weighted by Gasteiger charge is 2.13. The summed E-state index contributed by atoms with van der Waals surface area (Å²) in [5.41, 5.74) is 6.00. The molecule has 0 unspecified atom stereocenters. The minimum atomic E-state index is -0.548. The smallest absolute Gasteiger partial charge is 0.276 e. The molecule has 3 aromatic rings. The van der Waals surface area contributed by atoms with Crippen LogP contribution in [0.4, 0.5) is 15.8 Å². The Bertz CT molecular complexity index is 830. The summed E-state index contributed by atoms with van der Waals surface area (Å²) in [7, 11) is 0. The van der Waals surface area contributed by atoms with E-state index in [1.807, 2.05) is 0 Å². The second-order valence-corrected chi connectivity index (χ2v) is 5.15. The molecule has 0 saturated carbocycles. The van der Waals surface area contributed by atoms with Gasteiger partial charge < -0.3 is 15.2 Å². The zero-order chi connectivity index (χ0) is 17.8. The van der Waals surface area contributed by atoms with Gasteiger partial charge in [-0.25, -0.2) is 4.39 Å². The molecule has 0 aliphatic carbocycles. The monoisotopic (exact) mass is 340 g/mol. The molecule has 2 N–H and O–H groups in total. The summed E-state index contributed by atoms with van der Waals surface area (Å²) >= 11 is 0. The largest absolute Gasteiger partial charge is 0.457 e. The average molecular weight is 340 g/mol. The third-order valence-corrected chi connectivity index (χ3v) is 3.24. The number of benzene rings is 3. The number of ether oxygens (including phenoxy) is 2. The van der Waals surface area contributed by atoms with Crippen LogP contribution in [0, 0.1) is 15.9 Å². The van der Waals surface area contributed by atoms with Crippen LogP contribution in [0.25, 0.3) is 0 Å². The lowest BCUT2D eigenvalue weighted by Gasteiger charge is -2.10. The Hall–Kier alpha value is -3.61. The van der Waals surface area contributed by atoms with Crippen LogP contribution in [0.3, 0.4) is 0 Å². The third kappa shape index (κ3) is 4.23. The highest BCUT2D eigenvalue weighted by Crippen LogP contribution is 2.33. The Morgan fingerprint density at radius 2 is 1.28 bits per heavy atom. The molecule has 0 aliphatic rings. The summed E-state index contributed by atoms with van der Waals surface area (Å²) in [5, 5.41) is 11.1. The number of hydrogen-bond acceptors (Lipinski definition) is 5. The number of hydrogen-bond donors (Lipinski definition) is 1. The van der Waals surface area contributed by atoms with E-state index in [-0.39, 0.29) is 17.2 Å². The number of non-ortho nitro benzene ring substituents is 1. The molecule has 0 bridgehead atoms. The van der Waals surface area contributed by atoms with Gasteiger partial charge in [0, 0.05) is 11.8 Å². The predicted molar refractivity (Wildman–Crippen MR) is 90.5 cm³/mol. The van der Waals surface area contributed by atoms with Crippen molar-refractivity contribution in [1.82, 2.24) is 0 Å². The van der Waals surface area contributed by atoms with Crippen molar-refractivity contribution in [3.63, 3.8) is 0 Å². The highest BCUT2D eigenvalue weighted by atomic mass is 19.1. The van der Waals surface area contributed by atoms with Crippen molar-refractivity contribution in [1.29, 1.82) is 0 Å². The summed E-state index contributed by atoms with van der Waals surface area (Å²) < 4.78 is 24.1. The maximum absolute atomic E-state index is 13.0. The molecule has 0 atom stereocenters. The Labute approximate surface area is 142 Å².